The number of carbonyl (C=O) groups is 3. The molecule has 2 aromatic carbocycles. The van der Waals surface area contributed by atoms with Crippen molar-refractivity contribution in [2.75, 3.05) is 5.32 Å². The number of aromatic carboxylic acids is 1. The quantitative estimate of drug-likeness (QED) is 0.357. The lowest BCUT2D eigenvalue weighted by Crippen LogP contribution is -2.31. The largest absolute Gasteiger partial charge is 0.507 e. The lowest BCUT2D eigenvalue weighted by atomic mass is 9.88. The van der Waals surface area contributed by atoms with Crippen LogP contribution in [0.4, 0.5) is 5.69 Å². The molecule has 0 atom stereocenters. The van der Waals surface area contributed by atoms with E-state index in [1.165, 1.54) is 12.1 Å². The zero-order valence-electron chi connectivity index (χ0n) is 18.7. The number of ketones is 1. The predicted octanol–water partition coefficient (Wildman–Crippen LogP) is 5.80. The Bertz CT molecular complexity index is 1230. The molecule has 2 aromatic rings. The molecule has 1 heterocycles. The fourth-order valence-electron chi connectivity index (χ4n) is 3.81. The van der Waals surface area contributed by atoms with Gasteiger partial charge in [0.15, 0.2) is 5.78 Å². The number of benzene rings is 2. The van der Waals surface area contributed by atoms with Crippen molar-refractivity contribution in [3.05, 3.63) is 62.1 Å². The summed E-state index contributed by atoms with van der Waals surface area (Å²) < 4.78 is 5.14. The fourth-order valence-corrected chi connectivity index (χ4v) is 4.41. The van der Waals surface area contributed by atoms with Crippen molar-refractivity contribution in [2.45, 2.75) is 46.3 Å². The van der Waals surface area contributed by atoms with E-state index in [9.17, 15) is 24.6 Å². The predicted molar refractivity (Wildman–Crippen MR) is 127 cm³/mol. The summed E-state index contributed by atoms with van der Waals surface area (Å²) >= 11 is 12.5. The summed E-state index contributed by atoms with van der Waals surface area (Å²) in [4.78, 5) is 38.0. The number of carboxylic acid groups (broad SMARTS) is 1. The number of hydrogen-bond donors (Lipinski definition) is 3. The van der Waals surface area contributed by atoms with Crippen LogP contribution in [0.5, 0.6) is 5.75 Å². The van der Waals surface area contributed by atoms with Gasteiger partial charge in [-0.05, 0) is 52.3 Å². The van der Waals surface area contributed by atoms with E-state index in [0.717, 1.165) is 11.6 Å². The third-order valence-electron chi connectivity index (χ3n) is 5.06. The van der Waals surface area contributed by atoms with E-state index in [1.54, 1.807) is 13.8 Å². The Morgan fingerprint density at radius 1 is 1.06 bits per heavy atom. The molecule has 0 fully saturated rings. The van der Waals surface area contributed by atoms with E-state index in [2.05, 4.69) is 5.32 Å². The minimum Gasteiger partial charge on any atom is -0.507 e. The second kappa shape index (κ2) is 8.72. The first-order chi connectivity index (χ1) is 15.2. The van der Waals surface area contributed by atoms with Gasteiger partial charge in [0.2, 0.25) is 0 Å². The summed E-state index contributed by atoms with van der Waals surface area (Å²) in [6.07, 6.45) is 1.48. The van der Waals surface area contributed by atoms with Crippen LogP contribution in [0.15, 0.2) is 24.3 Å². The molecule has 9 heteroatoms. The molecule has 0 unspecified atom stereocenters. The number of rotatable bonds is 5. The molecular weight excluding hydrogens is 469 g/mol. The minimum atomic E-state index is -1.51. The van der Waals surface area contributed by atoms with Gasteiger partial charge in [0, 0.05) is 17.3 Å². The van der Waals surface area contributed by atoms with Crippen LogP contribution >= 0.6 is 23.2 Å². The first-order valence-corrected chi connectivity index (χ1v) is 10.8. The maximum Gasteiger partial charge on any atom is 0.339 e. The van der Waals surface area contributed by atoms with Crippen LogP contribution in [0.1, 0.15) is 76.8 Å². The van der Waals surface area contributed by atoms with E-state index in [0.29, 0.717) is 11.3 Å². The highest BCUT2D eigenvalue weighted by Crippen LogP contribution is 2.40. The number of carboxylic acids is 1. The number of hydrogen-bond acceptors (Lipinski definition) is 6. The number of halogens is 2. The van der Waals surface area contributed by atoms with Crippen LogP contribution in [0.2, 0.25) is 10.0 Å². The van der Waals surface area contributed by atoms with Gasteiger partial charge in [-0.2, -0.15) is 0 Å². The summed E-state index contributed by atoms with van der Waals surface area (Å²) in [5, 5.41) is 22.8. The monoisotopic (exact) mass is 491 g/mol. The third-order valence-corrected chi connectivity index (χ3v) is 5.75. The highest BCUT2D eigenvalue weighted by Gasteiger charge is 2.32. The van der Waals surface area contributed by atoms with Gasteiger partial charge < -0.3 is 20.3 Å². The van der Waals surface area contributed by atoms with Crippen LogP contribution in [-0.2, 0) is 4.74 Å². The van der Waals surface area contributed by atoms with Gasteiger partial charge in [0.25, 0.3) is 0 Å². The van der Waals surface area contributed by atoms with Crippen LogP contribution in [-0.4, -0.2) is 39.6 Å². The van der Waals surface area contributed by atoms with Crippen molar-refractivity contribution in [1.82, 2.24) is 0 Å². The highest BCUT2D eigenvalue weighted by atomic mass is 35.5. The van der Waals surface area contributed by atoms with E-state index < -0.39 is 40.0 Å². The van der Waals surface area contributed by atoms with Crippen LogP contribution in [0.25, 0.3) is 5.57 Å². The van der Waals surface area contributed by atoms with Gasteiger partial charge in [-0.25, -0.2) is 9.59 Å². The summed E-state index contributed by atoms with van der Waals surface area (Å²) in [6, 6.07) is 3.91. The SMILES string of the molecule is CC1=CC(C)(C)Nc2cc(O)c(C(=O)c3c(Cl)c(C(=O)OC(C)C)cc(Cl)c3C(=O)O)cc21. The summed E-state index contributed by atoms with van der Waals surface area (Å²) in [5.74, 6) is -3.64. The second-order valence-corrected chi connectivity index (χ2v) is 9.43. The van der Waals surface area contributed by atoms with Crippen molar-refractivity contribution in [3.63, 3.8) is 0 Å². The van der Waals surface area contributed by atoms with Crippen LogP contribution in [0.3, 0.4) is 0 Å². The van der Waals surface area contributed by atoms with E-state index in [-0.39, 0.29) is 27.4 Å². The number of fused-ring (bicyclic) bond motifs is 1. The van der Waals surface area contributed by atoms with Gasteiger partial charge in [0.05, 0.1) is 43.9 Å². The molecule has 174 valence electrons. The van der Waals surface area contributed by atoms with E-state index >= 15 is 0 Å². The lowest BCUT2D eigenvalue weighted by molar-refractivity contribution is 0.0377. The molecule has 0 bridgehead atoms. The zero-order chi connectivity index (χ0) is 24.8. The normalized spacial score (nSPS) is 14.2. The summed E-state index contributed by atoms with van der Waals surface area (Å²) in [6.45, 7) is 9.03. The number of esters is 1. The molecule has 1 aliphatic rings. The number of nitrogens with one attached hydrogen (secondary N) is 1. The highest BCUT2D eigenvalue weighted by molar-refractivity contribution is 6.42. The number of phenols is 1. The molecule has 3 N–H and O–H groups in total. The van der Waals surface area contributed by atoms with Crippen LogP contribution < -0.4 is 5.32 Å². The number of phenolic OH excluding ortho intramolecular Hbond substituents is 1. The van der Waals surface area contributed by atoms with Crippen LogP contribution in [0, 0.1) is 0 Å². The second-order valence-electron chi connectivity index (χ2n) is 8.65. The van der Waals surface area contributed by atoms with Gasteiger partial charge in [0.1, 0.15) is 5.75 Å². The summed E-state index contributed by atoms with van der Waals surface area (Å²) in [7, 11) is 0. The number of ether oxygens (including phenoxy) is 1. The molecule has 0 aromatic heterocycles. The smallest absolute Gasteiger partial charge is 0.339 e. The number of carbonyl (C=O) groups excluding carboxylic acids is 2. The number of anilines is 1. The zero-order valence-corrected chi connectivity index (χ0v) is 20.2. The van der Waals surface area contributed by atoms with Gasteiger partial charge in [-0.1, -0.05) is 29.3 Å². The molecule has 0 aliphatic carbocycles. The molecule has 3 rings (SSSR count). The average molecular weight is 492 g/mol. The van der Waals surface area contributed by atoms with Crippen molar-refractivity contribution < 1.29 is 29.3 Å². The Morgan fingerprint density at radius 2 is 1.70 bits per heavy atom. The molecule has 0 amide bonds. The standard InChI is InChI=1S/C24H23Cl2NO6/c1-10(2)33-23(32)14-7-15(25)18(22(30)31)19(20(14)26)21(29)13-6-12-11(3)9-24(4,5)27-16(12)8-17(13)28/h6-10,27-28H,1-5H3,(H,30,31). The maximum atomic E-state index is 13.5. The average Bonchev–Trinajstić information content (AvgIpc) is 2.66. The van der Waals surface area contributed by atoms with Crippen molar-refractivity contribution >= 4 is 52.2 Å². The molecule has 0 saturated carbocycles. The Morgan fingerprint density at radius 3 is 2.27 bits per heavy atom. The third kappa shape index (κ3) is 4.70. The topological polar surface area (TPSA) is 113 Å². The summed E-state index contributed by atoms with van der Waals surface area (Å²) in [5.41, 5.74) is 0.256. The molecule has 0 radical (unpaired) electrons. The first kappa shape index (κ1) is 24.6. The molecule has 7 nitrogen and oxygen atoms in total. The van der Waals surface area contributed by atoms with Crippen molar-refractivity contribution in [3.8, 4) is 5.75 Å². The molecule has 33 heavy (non-hydrogen) atoms. The van der Waals surface area contributed by atoms with E-state index in [1.807, 2.05) is 26.8 Å². The van der Waals surface area contributed by atoms with Crippen molar-refractivity contribution in [2.24, 2.45) is 0 Å². The maximum absolute atomic E-state index is 13.5. The Labute approximate surface area is 201 Å². The van der Waals surface area contributed by atoms with Crippen molar-refractivity contribution in [1.29, 1.82) is 0 Å². The minimum absolute atomic E-state index is 0.183. The Balaban J connectivity index is 2.24. The molecule has 1 aliphatic heterocycles. The van der Waals surface area contributed by atoms with Gasteiger partial charge in [-0.15, -0.1) is 0 Å². The van der Waals surface area contributed by atoms with Gasteiger partial charge in [-0.3, -0.25) is 4.79 Å². The Hall–Kier alpha value is -3.03. The first-order valence-electron chi connectivity index (χ1n) is 10.1. The Kier molecular flexibility index (Phi) is 6.51. The number of allylic oxidation sites excluding steroid dienone is 1. The lowest BCUT2D eigenvalue weighted by Gasteiger charge is -2.31. The fraction of sp³-hybridized carbons (Fsp3) is 0.292. The number of aromatic hydroxyl groups is 1. The molecule has 0 saturated heterocycles. The van der Waals surface area contributed by atoms with E-state index in [4.69, 9.17) is 27.9 Å². The molecule has 0 spiro atoms. The van der Waals surface area contributed by atoms with Gasteiger partial charge >= 0.3 is 11.9 Å². The molecular formula is C24H23Cl2NO6.